The Morgan fingerprint density at radius 2 is 1.97 bits per heavy atom. The lowest BCUT2D eigenvalue weighted by molar-refractivity contribution is -0.125. The predicted octanol–water partition coefficient (Wildman–Crippen LogP) is 4.33. The van der Waals surface area contributed by atoms with Crippen LogP contribution in [0.1, 0.15) is 24.1 Å². The Labute approximate surface area is 197 Å². The second-order valence-corrected chi connectivity index (χ2v) is 9.31. The fourth-order valence-corrected chi connectivity index (χ4v) is 5.28. The molecule has 2 aromatic heterocycles. The highest BCUT2D eigenvalue weighted by Crippen LogP contribution is 2.34. The van der Waals surface area contributed by atoms with Crippen LogP contribution in [0.4, 0.5) is 5.13 Å². The van der Waals surface area contributed by atoms with Crippen LogP contribution in [0, 0.1) is 12.8 Å². The van der Waals surface area contributed by atoms with Gasteiger partial charge in [-0.1, -0.05) is 41.7 Å². The van der Waals surface area contributed by atoms with Crippen molar-refractivity contribution in [3.63, 3.8) is 0 Å². The summed E-state index contributed by atoms with van der Waals surface area (Å²) >= 11 is 1.65. The molecule has 7 nitrogen and oxygen atoms in total. The van der Waals surface area contributed by atoms with Crippen molar-refractivity contribution >= 4 is 32.7 Å². The number of nitrogens with one attached hydrogen (secondary N) is 1. The molecule has 1 saturated heterocycles. The summed E-state index contributed by atoms with van der Waals surface area (Å²) in [5.74, 6) is 0.890. The molecule has 0 radical (unpaired) electrons. The monoisotopic (exact) mass is 461 g/mol. The highest BCUT2D eigenvalue weighted by molar-refractivity contribution is 7.22. The van der Waals surface area contributed by atoms with Gasteiger partial charge < -0.3 is 15.0 Å². The third-order valence-corrected chi connectivity index (χ3v) is 7.28. The second kappa shape index (κ2) is 9.23. The molecular formula is C25H27N5O2S. The fraction of sp³-hybridized carbons (Fsp3) is 0.320. The standard InChI is InChI=1S/C25H27N5O2S/c1-17-22-23(30(28-17)20-10-12-21(32-2)13-11-20)27-25(33-22)29-14-6-9-19(16-29)24(31)26-15-18-7-4-3-5-8-18/h3-5,7-8,10-13,19H,6,9,14-16H2,1-2H3,(H,26,31). The number of carbonyl (C=O) groups is 1. The van der Waals surface area contributed by atoms with Gasteiger partial charge in [0.1, 0.15) is 5.75 Å². The van der Waals surface area contributed by atoms with E-state index in [9.17, 15) is 4.79 Å². The third-order valence-electron chi connectivity index (χ3n) is 6.07. The number of thiazole rings is 1. The third kappa shape index (κ3) is 4.43. The van der Waals surface area contributed by atoms with Gasteiger partial charge in [0.25, 0.3) is 0 Å². The van der Waals surface area contributed by atoms with Crippen LogP contribution >= 0.6 is 11.3 Å². The van der Waals surface area contributed by atoms with E-state index >= 15 is 0 Å². The maximum Gasteiger partial charge on any atom is 0.225 e. The van der Waals surface area contributed by atoms with Gasteiger partial charge in [-0.2, -0.15) is 10.1 Å². The first-order valence-corrected chi connectivity index (χ1v) is 12.0. The van der Waals surface area contributed by atoms with Crippen LogP contribution in [-0.2, 0) is 11.3 Å². The van der Waals surface area contributed by atoms with Crippen molar-refractivity contribution < 1.29 is 9.53 Å². The molecule has 1 N–H and O–H groups in total. The van der Waals surface area contributed by atoms with Gasteiger partial charge in [0.05, 0.1) is 29.1 Å². The lowest BCUT2D eigenvalue weighted by Crippen LogP contribution is -2.42. The molecule has 2 aromatic carbocycles. The van der Waals surface area contributed by atoms with Crippen LogP contribution in [0.15, 0.2) is 54.6 Å². The van der Waals surface area contributed by atoms with Gasteiger partial charge >= 0.3 is 0 Å². The fourth-order valence-electron chi connectivity index (χ4n) is 4.26. The number of hydrogen-bond acceptors (Lipinski definition) is 6. The molecule has 33 heavy (non-hydrogen) atoms. The van der Waals surface area contributed by atoms with Crippen molar-refractivity contribution in [3.05, 3.63) is 65.9 Å². The van der Waals surface area contributed by atoms with Gasteiger partial charge in [-0.15, -0.1) is 0 Å². The molecule has 0 aliphatic carbocycles. The van der Waals surface area contributed by atoms with E-state index in [2.05, 4.69) is 10.2 Å². The molecule has 1 unspecified atom stereocenters. The first kappa shape index (κ1) is 21.5. The van der Waals surface area contributed by atoms with Crippen LogP contribution in [0.25, 0.3) is 16.0 Å². The lowest BCUT2D eigenvalue weighted by atomic mass is 9.97. The number of methoxy groups -OCH3 is 1. The van der Waals surface area contributed by atoms with Crippen LogP contribution in [0.2, 0.25) is 0 Å². The minimum atomic E-state index is -0.0336. The number of anilines is 1. The first-order chi connectivity index (χ1) is 16.1. The zero-order chi connectivity index (χ0) is 22.8. The molecular weight excluding hydrogens is 434 g/mol. The number of aromatic nitrogens is 3. The van der Waals surface area contributed by atoms with Crippen molar-refractivity contribution in [3.8, 4) is 11.4 Å². The average Bonchev–Trinajstić information content (AvgIpc) is 3.44. The number of carbonyl (C=O) groups excluding carboxylic acids is 1. The van der Waals surface area contributed by atoms with E-state index < -0.39 is 0 Å². The van der Waals surface area contributed by atoms with E-state index in [-0.39, 0.29) is 11.8 Å². The van der Waals surface area contributed by atoms with Crippen molar-refractivity contribution in [2.24, 2.45) is 5.92 Å². The van der Waals surface area contributed by atoms with Crippen LogP contribution in [-0.4, -0.2) is 40.9 Å². The summed E-state index contributed by atoms with van der Waals surface area (Å²) in [4.78, 5) is 20.0. The van der Waals surface area contributed by atoms with E-state index in [1.165, 1.54) is 0 Å². The van der Waals surface area contributed by atoms with Crippen LogP contribution in [0.3, 0.4) is 0 Å². The number of hydrogen-bond donors (Lipinski definition) is 1. The maximum atomic E-state index is 12.8. The van der Waals surface area contributed by atoms with E-state index in [1.807, 2.05) is 66.2 Å². The number of nitrogens with zero attached hydrogens (tertiary/aromatic N) is 4. The normalized spacial score (nSPS) is 16.2. The van der Waals surface area contributed by atoms with Crippen molar-refractivity contribution in [2.45, 2.75) is 26.3 Å². The molecule has 4 aromatic rings. The molecule has 0 spiro atoms. The topological polar surface area (TPSA) is 72.3 Å². The van der Waals surface area contributed by atoms with Gasteiger partial charge in [-0.25, -0.2) is 4.68 Å². The van der Waals surface area contributed by atoms with Gasteiger partial charge in [0.2, 0.25) is 5.91 Å². The smallest absolute Gasteiger partial charge is 0.225 e. The quantitative estimate of drug-likeness (QED) is 0.463. The van der Waals surface area contributed by atoms with Gasteiger partial charge in [0, 0.05) is 19.6 Å². The Hall–Kier alpha value is -3.39. The molecule has 0 bridgehead atoms. The summed E-state index contributed by atoms with van der Waals surface area (Å²) in [5.41, 5.74) is 3.87. The van der Waals surface area contributed by atoms with Gasteiger partial charge in [-0.05, 0) is 49.6 Å². The minimum Gasteiger partial charge on any atom is -0.497 e. The lowest BCUT2D eigenvalue weighted by Gasteiger charge is -2.31. The highest BCUT2D eigenvalue weighted by Gasteiger charge is 2.28. The van der Waals surface area contributed by atoms with Crippen molar-refractivity contribution in [2.75, 3.05) is 25.1 Å². The molecule has 3 heterocycles. The Bertz CT molecular complexity index is 1250. The summed E-state index contributed by atoms with van der Waals surface area (Å²) in [5, 5.41) is 8.76. The molecule has 8 heteroatoms. The zero-order valence-electron chi connectivity index (χ0n) is 18.8. The Morgan fingerprint density at radius 1 is 1.18 bits per heavy atom. The van der Waals surface area contributed by atoms with E-state index in [4.69, 9.17) is 14.8 Å². The molecule has 0 saturated carbocycles. The van der Waals surface area contributed by atoms with Crippen LogP contribution in [0.5, 0.6) is 5.75 Å². The molecule has 1 aliphatic heterocycles. The van der Waals surface area contributed by atoms with Gasteiger partial charge in [-0.3, -0.25) is 4.79 Å². The summed E-state index contributed by atoms with van der Waals surface area (Å²) in [6.45, 7) is 4.17. The van der Waals surface area contributed by atoms with Crippen LogP contribution < -0.4 is 15.0 Å². The Balaban J connectivity index is 1.32. The number of amides is 1. The highest BCUT2D eigenvalue weighted by atomic mass is 32.1. The predicted molar refractivity (Wildman–Crippen MR) is 131 cm³/mol. The number of rotatable bonds is 6. The molecule has 1 atom stereocenters. The van der Waals surface area contributed by atoms with E-state index in [1.54, 1.807) is 18.4 Å². The largest absolute Gasteiger partial charge is 0.497 e. The second-order valence-electron chi connectivity index (χ2n) is 8.33. The number of fused-ring (bicyclic) bond motifs is 1. The Kier molecular flexibility index (Phi) is 6.00. The number of piperidine rings is 1. The Morgan fingerprint density at radius 3 is 2.73 bits per heavy atom. The first-order valence-electron chi connectivity index (χ1n) is 11.2. The maximum absolute atomic E-state index is 12.8. The molecule has 5 rings (SSSR count). The minimum absolute atomic E-state index is 0.0336. The van der Waals surface area contributed by atoms with E-state index in [0.29, 0.717) is 13.1 Å². The van der Waals surface area contributed by atoms with E-state index in [0.717, 1.165) is 57.6 Å². The summed E-state index contributed by atoms with van der Waals surface area (Å²) in [6, 6.07) is 17.8. The summed E-state index contributed by atoms with van der Waals surface area (Å²) in [6.07, 6.45) is 1.88. The molecule has 1 aliphatic rings. The molecule has 170 valence electrons. The number of aryl methyl sites for hydroxylation is 1. The molecule has 1 fully saturated rings. The number of ether oxygens (including phenoxy) is 1. The molecule has 1 amide bonds. The summed E-state index contributed by atoms with van der Waals surface area (Å²) in [7, 11) is 1.66. The van der Waals surface area contributed by atoms with Crippen molar-refractivity contribution in [1.82, 2.24) is 20.1 Å². The SMILES string of the molecule is COc1ccc(-n2nc(C)c3sc(N4CCCC(C(=O)NCc5ccccc5)C4)nc32)cc1. The number of benzene rings is 2. The summed E-state index contributed by atoms with van der Waals surface area (Å²) < 4.78 is 8.24. The van der Waals surface area contributed by atoms with Gasteiger partial charge in [0.15, 0.2) is 10.8 Å². The average molecular weight is 462 g/mol. The van der Waals surface area contributed by atoms with Crippen molar-refractivity contribution in [1.29, 1.82) is 0 Å². The zero-order valence-corrected chi connectivity index (χ0v) is 19.6.